The van der Waals surface area contributed by atoms with Gasteiger partial charge in [-0.15, -0.1) is 0 Å². The fraction of sp³-hybridized carbons (Fsp3) is 0.333. The molecular formula is C15H19N3O4. The molecule has 118 valence electrons. The molecule has 1 aromatic heterocycles. The minimum absolute atomic E-state index is 0.242. The van der Waals surface area contributed by atoms with Gasteiger partial charge < -0.3 is 19.3 Å². The third-order valence-corrected chi connectivity index (χ3v) is 3.05. The summed E-state index contributed by atoms with van der Waals surface area (Å²) in [6.45, 7) is 3.52. The van der Waals surface area contributed by atoms with Gasteiger partial charge in [-0.3, -0.25) is 10.1 Å². The Morgan fingerprint density at radius 3 is 2.64 bits per heavy atom. The van der Waals surface area contributed by atoms with Gasteiger partial charge in [-0.05, 0) is 26.0 Å². The molecule has 1 amide bonds. The number of methoxy groups -OCH3 is 2. The van der Waals surface area contributed by atoms with Gasteiger partial charge >= 0.3 is 0 Å². The van der Waals surface area contributed by atoms with Crippen LogP contribution >= 0.6 is 0 Å². The Labute approximate surface area is 128 Å². The lowest BCUT2D eigenvalue weighted by Crippen LogP contribution is -2.31. The maximum atomic E-state index is 12.1. The predicted molar refractivity (Wildman–Crippen MR) is 82.5 cm³/mol. The molecule has 7 nitrogen and oxygen atoms in total. The van der Waals surface area contributed by atoms with Crippen molar-refractivity contribution in [2.24, 2.45) is 0 Å². The van der Waals surface area contributed by atoms with Gasteiger partial charge in [-0.1, -0.05) is 5.16 Å². The molecule has 0 radical (unpaired) electrons. The molecule has 2 N–H and O–H groups in total. The highest BCUT2D eigenvalue weighted by Gasteiger charge is 2.16. The summed E-state index contributed by atoms with van der Waals surface area (Å²) in [5.41, 5.74) is 1.40. The maximum absolute atomic E-state index is 12.1. The Kier molecular flexibility index (Phi) is 4.88. The van der Waals surface area contributed by atoms with Crippen LogP contribution in [0.1, 0.15) is 12.6 Å². The Morgan fingerprint density at radius 1 is 1.27 bits per heavy atom. The van der Waals surface area contributed by atoms with Crippen LogP contribution in [0.25, 0.3) is 0 Å². The quantitative estimate of drug-likeness (QED) is 0.852. The number of aromatic nitrogens is 1. The number of nitrogens with zero attached hydrogens (tertiary/aromatic N) is 1. The van der Waals surface area contributed by atoms with Crippen LogP contribution in [0, 0.1) is 6.92 Å². The van der Waals surface area contributed by atoms with E-state index in [2.05, 4.69) is 15.8 Å². The van der Waals surface area contributed by atoms with Crippen molar-refractivity contribution in [3.63, 3.8) is 0 Å². The second-order valence-electron chi connectivity index (χ2n) is 4.75. The van der Waals surface area contributed by atoms with Crippen LogP contribution in [-0.2, 0) is 4.79 Å². The van der Waals surface area contributed by atoms with Gasteiger partial charge in [-0.25, -0.2) is 0 Å². The molecule has 1 atom stereocenters. The van der Waals surface area contributed by atoms with E-state index in [1.54, 1.807) is 52.3 Å². The Morgan fingerprint density at radius 2 is 2.05 bits per heavy atom. The minimum Gasteiger partial charge on any atom is -0.497 e. The Hall–Kier alpha value is -2.70. The normalized spacial score (nSPS) is 11.6. The summed E-state index contributed by atoms with van der Waals surface area (Å²) in [6.07, 6.45) is 0. The number of rotatable bonds is 6. The number of hydrogen-bond donors (Lipinski definition) is 2. The van der Waals surface area contributed by atoms with Crippen molar-refractivity contribution < 1.29 is 18.8 Å². The molecule has 2 aromatic rings. The first kappa shape index (κ1) is 15.7. The first-order valence-corrected chi connectivity index (χ1v) is 6.76. The smallest absolute Gasteiger partial charge is 0.248 e. The third kappa shape index (κ3) is 3.69. The lowest BCUT2D eigenvalue weighted by atomic mass is 10.2. The number of ether oxygens (including phenoxy) is 2. The van der Waals surface area contributed by atoms with Crippen LogP contribution in [0.3, 0.4) is 0 Å². The van der Waals surface area contributed by atoms with E-state index in [1.165, 1.54) is 0 Å². The molecule has 22 heavy (non-hydrogen) atoms. The van der Waals surface area contributed by atoms with E-state index >= 15 is 0 Å². The molecule has 7 heteroatoms. The van der Waals surface area contributed by atoms with E-state index < -0.39 is 6.04 Å². The highest BCUT2D eigenvalue weighted by atomic mass is 16.5. The number of nitrogens with one attached hydrogen (secondary N) is 2. The van der Waals surface area contributed by atoms with Crippen molar-refractivity contribution in [3.05, 3.63) is 30.0 Å². The van der Waals surface area contributed by atoms with E-state index in [-0.39, 0.29) is 5.91 Å². The molecule has 0 aliphatic rings. The molecule has 0 aliphatic heterocycles. The zero-order valence-corrected chi connectivity index (χ0v) is 13.0. The molecule has 0 spiro atoms. The zero-order chi connectivity index (χ0) is 16.1. The number of benzene rings is 1. The van der Waals surface area contributed by atoms with E-state index in [1.807, 2.05) is 0 Å². The molecular weight excluding hydrogens is 286 g/mol. The number of aryl methyl sites for hydroxylation is 1. The van der Waals surface area contributed by atoms with Gasteiger partial charge in [0, 0.05) is 12.1 Å². The van der Waals surface area contributed by atoms with Gasteiger partial charge in [0.05, 0.1) is 25.6 Å². The van der Waals surface area contributed by atoms with Crippen LogP contribution in [0.15, 0.2) is 28.8 Å². The predicted octanol–water partition coefficient (Wildman–Crippen LogP) is 2.44. The van der Waals surface area contributed by atoms with Gasteiger partial charge in [-0.2, -0.15) is 0 Å². The Balaban J connectivity index is 2.04. The summed E-state index contributed by atoms with van der Waals surface area (Å²) < 4.78 is 15.4. The van der Waals surface area contributed by atoms with Crippen LogP contribution in [0.2, 0.25) is 0 Å². The fourth-order valence-electron chi connectivity index (χ4n) is 1.87. The third-order valence-electron chi connectivity index (χ3n) is 3.05. The first-order chi connectivity index (χ1) is 10.5. The lowest BCUT2D eigenvalue weighted by Gasteiger charge is -2.17. The molecule has 1 heterocycles. The van der Waals surface area contributed by atoms with Gasteiger partial charge in [0.15, 0.2) is 0 Å². The van der Waals surface area contributed by atoms with Crippen molar-refractivity contribution in [1.29, 1.82) is 0 Å². The Bertz CT molecular complexity index is 654. The van der Waals surface area contributed by atoms with Crippen LogP contribution < -0.4 is 20.1 Å². The van der Waals surface area contributed by atoms with Crippen molar-refractivity contribution in [2.75, 3.05) is 24.9 Å². The van der Waals surface area contributed by atoms with E-state index in [4.69, 9.17) is 14.0 Å². The number of amides is 1. The standard InChI is InChI=1S/C15H19N3O4/c1-9-7-14(22-18-9)17-15(19)10(2)16-12-6-5-11(20-3)8-13(12)21-4/h5-8,10,16H,1-4H3,(H,17,19)/t10-/m0/s1. The van der Waals surface area contributed by atoms with Crippen LogP contribution in [0.5, 0.6) is 11.5 Å². The van der Waals surface area contributed by atoms with E-state index in [0.29, 0.717) is 28.8 Å². The molecule has 0 unspecified atom stereocenters. The summed E-state index contributed by atoms with van der Waals surface area (Å²) in [4.78, 5) is 12.1. The summed E-state index contributed by atoms with van der Waals surface area (Å²) in [5, 5.41) is 9.45. The number of hydrogen-bond acceptors (Lipinski definition) is 6. The van der Waals surface area contributed by atoms with Crippen molar-refractivity contribution in [2.45, 2.75) is 19.9 Å². The zero-order valence-electron chi connectivity index (χ0n) is 13.0. The number of carbonyl (C=O) groups excluding carboxylic acids is 1. The van der Waals surface area contributed by atoms with Crippen LogP contribution in [-0.4, -0.2) is 31.3 Å². The molecule has 0 fully saturated rings. The van der Waals surface area contributed by atoms with E-state index in [0.717, 1.165) is 0 Å². The monoisotopic (exact) mass is 305 g/mol. The largest absolute Gasteiger partial charge is 0.497 e. The number of carbonyl (C=O) groups is 1. The SMILES string of the molecule is COc1ccc(N[C@@H](C)C(=O)Nc2cc(C)no2)c(OC)c1. The summed E-state index contributed by atoms with van der Waals surface area (Å²) in [5.74, 6) is 1.35. The second-order valence-corrected chi connectivity index (χ2v) is 4.75. The van der Waals surface area contributed by atoms with Gasteiger partial charge in [0.1, 0.15) is 17.5 Å². The van der Waals surface area contributed by atoms with Crippen molar-refractivity contribution in [1.82, 2.24) is 5.16 Å². The highest BCUT2D eigenvalue weighted by Crippen LogP contribution is 2.29. The summed E-state index contributed by atoms with van der Waals surface area (Å²) >= 11 is 0. The second kappa shape index (κ2) is 6.84. The molecule has 0 aliphatic carbocycles. The minimum atomic E-state index is -0.493. The fourth-order valence-corrected chi connectivity index (χ4v) is 1.87. The molecule has 0 saturated heterocycles. The lowest BCUT2D eigenvalue weighted by molar-refractivity contribution is -0.116. The van der Waals surface area contributed by atoms with Crippen molar-refractivity contribution >= 4 is 17.5 Å². The van der Waals surface area contributed by atoms with Crippen molar-refractivity contribution in [3.8, 4) is 11.5 Å². The van der Waals surface area contributed by atoms with E-state index in [9.17, 15) is 4.79 Å². The molecule has 0 bridgehead atoms. The maximum Gasteiger partial charge on any atom is 0.248 e. The number of anilines is 2. The van der Waals surface area contributed by atoms with Crippen LogP contribution in [0.4, 0.5) is 11.6 Å². The average Bonchev–Trinajstić information content (AvgIpc) is 2.92. The highest BCUT2D eigenvalue weighted by molar-refractivity contribution is 5.95. The first-order valence-electron chi connectivity index (χ1n) is 6.76. The summed E-state index contributed by atoms with van der Waals surface area (Å²) in [6, 6.07) is 6.48. The molecule has 1 aromatic carbocycles. The molecule has 2 rings (SSSR count). The topological polar surface area (TPSA) is 85.6 Å². The van der Waals surface area contributed by atoms with Gasteiger partial charge in [0.2, 0.25) is 11.8 Å². The van der Waals surface area contributed by atoms with Gasteiger partial charge in [0.25, 0.3) is 0 Å². The molecule has 0 saturated carbocycles. The summed E-state index contributed by atoms with van der Waals surface area (Å²) in [7, 11) is 3.14. The average molecular weight is 305 g/mol.